The van der Waals surface area contributed by atoms with Crippen LogP contribution in [0.5, 0.6) is 5.75 Å². The number of ether oxygens (including phenoxy) is 2. The molecular formula is C25H37BF3NO5. The first-order chi connectivity index (χ1) is 16.0. The van der Waals surface area contributed by atoms with E-state index in [1.54, 1.807) is 11.0 Å². The Morgan fingerprint density at radius 3 is 2.17 bits per heavy atom. The van der Waals surface area contributed by atoms with Crippen LogP contribution in [0.4, 0.5) is 18.0 Å². The zero-order valence-corrected chi connectivity index (χ0v) is 21.8. The molecule has 1 aromatic rings. The maximum absolute atomic E-state index is 13.8. The first-order valence-corrected chi connectivity index (χ1v) is 12.2. The van der Waals surface area contributed by atoms with E-state index in [4.69, 9.17) is 18.8 Å². The predicted molar refractivity (Wildman–Crippen MR) is 128 cm³/mol. The van der Waals surface area contributed by atoms with E-state index in [-0.39, 0.29) is 24.4 Å². The fraction of sp³-hybridized carbons (Fsp3) is 0.720. The third-order valence-electron chi connectivity index (χ3n) is 6.88. The van der Waals surface area contributed by atoms with Gasteiger partial charge in [0.15, 0.2) is 0 Å². The molecule has 3 rings (SSSR count). The average molecular weight is 499 g/mol. The summed E-state index contributed by atoms with van der Waals surface area (Å²) in [6, 6.07) is 3.96. The number of nitrogens with zero attached hydrogens (tertiary/aromatic N) is 1. The van der Waals surface area contributed by atoms with E-state index in [1.165, 1.54) is 6.07 Å². The van der Waals surface area contributed by atoms with Crippen molar-refractivity contribution >= 4 is 18.7 Å². The standard InChI is InChI=1S/C25H37BF3NO5/c1-22(2,3)33-21(31)30-13-10-17(11-14-30)12-15-32-20-9-8-18(16-19(20)25(27,28)29)26-34-23(4,5)24(6,7)35-26/h8-9,16-17H,10-15H2,1-7H3. The number of hydrogen-bond acceptors (Lipinski definition) is 5. The van der Waals surface area contributed by atoms with Crippen LogP contribution in [0.2, 0.25) is 0 Å². The van der Waals surface area contributed by atoms with Gasteiger partial charge in [-0.25, -0.2) is 4.79 Å². The van der Waals surface area contributed by atoms with Gasteiger partial charge in [-0.3, -0.25) is 0 Å². The van der Waals surface area contributed by atoms with Crippen molar-refractivity contribution in [2.45, 2.75) is 90.7 Å². The summed E-state index contributed by atoms with van der Waals surface area (Å²) in [4.78, 5) is 13.9. The number of halogens is 3. The van der Waals surface area contributed by atoms with E-state index in [0.29, 0.717) is 25.0 Å². The Bertz CT molecular complexity index is 889. The minimum atomic E-state index is -4.58. The average Bonchev–Trinajstić information content (AvgIpc) is 2.93. The van der Waals surface area contributed by atoms with Gasteiger partial charge >= 0.3 is 19.4 Å². The molecule has 0 aromatic heterocycles. The van der Waals surface area contributed by atoms with Gasteiger partial charge in [-0.15, -0.1) is 0 Å². The van der Waals surface area contributed by atoms with Crippen molar-refractivity contribution in [1.82, 2.24) is 4.90 Å². The Hall–Kier alpha value is -1.94. The molecule has 0 unspecified atom stereocenters. The van der Waals surface area contributed by atoms with Crippen LogP contribution < -0.4 is 10.2 Å². The maximum atomic E-state index is 13.8. The first-order valence-electron chi connectivity index (χ1n) is 12.2. The molecule has 0 aliphatic carbocycles. The van der Waals surface area contributed by atoms with Crippen LogP contribution in [0.3, 0.4) is 0 Å². The number of piperidine rings is 1. The lowest BCUT2D eigenvalue weighted by atomic mass is 9.78. The molecule has 6 nitrogen and oxygen atoms in total. The summed E-state index contributed by atoms with van der Waals surface area (Å²) in [5.41, 5.74) is -2.38. The topological polar surface area (TPSA) is 57.2 Å². The van der Waals surface area contributed by atoms with Crippen LogP contribution in [-0.4, -0.2) is 54.6 Å². The van der Waals surface area contributed by atoms with Crippen LogP contribution in [0.15, 0.2) is 18.2 Å². The fourth-order valence-electron chi connectivity index (χ4n) is 4.09. The quantitative estimate of drug-likeness (QED) is 0.507. The number of alkyl halides is 3. The van der Waals surface area contributed by atoms with Gasteiger partial charge in [0, 0.05) is 13.1 Å². The number of carbonyl (C=O) groups is 1. The summed E-state index contributed by atoms with van der Waals surface area (Å²) in [6.07, 6.45) is -2.78. The van der Waals surface area contributed by atoms with Gasteiger partial charge in [-0.2, -0.15) is 13.2 Å². The summed E-state index contributed by atoms with van der Waals surface area (Å²) in [7, 11) is -0.884. The minimum Gasteiger partial charge on any atom is -0.493 e. The Morgan fingerprint density at radius 1 is 1.09 bits per heavy atom. The fourth-order valence-corrected chi connectivity index (χ4v) is 4.09. The van der Waals surface area contributed by atoms with Crippen LogP contribution in [-0.2, 0) is 20.2 Å². The van der Waals surface area contributed by atoms with Crippen molar-refractivity contribution < 1.29 is 36.7 Å². The largest absolute Gasteiger partial charge is 0.494 e. The second-order valence-corrected chi connectivity index (χ2v) is 11.4. The third-order valence-corrected chi connectivity index (χ3v) is 6.88. The molecule has 0 bridgehead atoms. The van der Waals surface area contributed by atoms with Gasteiger partial charge in [-0.1, -0.05) is 6.07 Å². The zero-order chi connectivity index (χ0) is 26.2. The summed E-state index contributed by atoms with van der Waals surface area (Å²) in [5, 5.41) is 0. The summed E-state index contributed by atoms with van der Waals surface area (Å²) in [6.45, 7) is 14.2. The molecule has 2 heterocycles. The van der Waals surface area contributed by atoms with E-state index in [1.807, 2.05) is 48.5 Å². The molecule has 0 atom stereocenters. The molecule has 196 valence electrons. The number of amides is 1. The van der Waals surface area contributed by atoms with Crippen molar-refractivity contribution in [2.75, 3.05) is 19.7 Å². The number of rotatable bonds is 5. The number of benzene rings is 1. The summed E-state index contributed by atoms with van der Waals surface area (Å²) in [5.74, 6) is 0.0657. The maximum Gasteiger partial charge on any atom is 0.494 e. The Kier molecular flexibility index (Phi) is 7.78. The van der Waals surface area contributed by atoms with Crippen LogP contribution in [0.1, 0.15) is 73.3 Å². The molecule has 1 amide bonds. The number of carbonyl (C=O) groups excluding carboxylic acids is 1. The Labute approximate surface area is 206 Å². The van der Waals surface area contributed by atoms with Crippen LogP contribution >= 0.6 is 0 Å². The Balaban J connectivity index is 1.58. The Morgan fingerprint density at radius 2 is 1.66 bits per heavy atom. The van der Waals surface area contributed by atoms with Crippen molar-refractivity contribution in [1.29, 1.82) is 0 Å². The lowest BCUT2D eigenvalue weighted by molar-refractivity contribution is -0.138. The van der Waals surface area contributed by atoms with Crippen molar-refractivity contribution in [3.05, 3.63) is 23.8 Å². The molecule has 0 saturated carbocycles. The van der Waals surface area contributed by atoms with Gasteiger partial charge in [0.2, 0.25) is 0 Å². The molecule has 35 heavy (non-hydrogen) atoms. The number of hydrogen-bond donors (Lipinski definition) is 0. The van der Waals surface area contributed by atoms with Gasteiger partial charge in [0.25, 0.3) is 0 Å². The van der Waals surface area contributed by atoms with Crippen molar-refractivity contribution in [2.24, 2.45) is 5.92 Å². The highest BCUT2D eigenvalue weighted by molar-refractivity contribution is 6.62. The second kappa shape index (κ2) is 9.84. The lowest BCUT2D eigenvalue weighted by Crippen LogP contribution is -2.41. The molecule has 2 aliphatic heterocycles. The molecule has 0 N–H and O–H groups in total. The van der Waals surface area contributed by atoms with Crippen LogP contribution in [0, 0.1) is 5.92 Å². The smallest absolute Gasteiger partial charge is 0.493 e. The van der Waals surface area contributed by atoms with Crippen molar-refractivity contribution in [3.63, 3.8) is 0 Å². The van der Waals surface area contributed by atoms with E-state index in [0.717, 1.165) is 18.9 Å². The second-order valence-electron chi connectivity index (χ2n) is 11.4. The SMILES string of the molecule is CC(C)(C)OC(=O)N1CCC(CCOc2ccc(B3OC(C)(C)C(C)(C)O3)cc2C(F)(F)F)CC1. The molecule has 2 saturated heterocycles. The molecule has 0 spiro atoms. The van der Waals surface area contributed by atoms with Crippen LogP contribution in [0.25, 0.3) is 0 Å². The molecule has 1 aromatic carbocycles. The van der Waals surface area contributed by atoms with Gasteiger partial charge in [0.05, 0.1) is 23.4 Å². The van der Waals surface area contributed by atoms with E-state index < -0.39 is 35.7 Å². The van der Waals surface area contributed by atoms with E-state index in [9.17, 15) is 18.0 Å². The molecule has 2 aliphatic rings. The lowest BCUT2D eigenvalue weighted by Gasteiger charge is -2.33. The molecular weight excluding hydrogens is 462 g/mol. The highest BCUT2D eigenvalue weighted by Crippen LogP contribution is 2.39. The monoisotopic (exact) mass is 499 g/mol. The molecule has 2 fully saturated rings. The normalized spacial score (nSPS) is 20.7. The summed E-state index contributed by atoms with van der Waals surface area (Å²) < 4.78 is 64.3. The molecule has 10 heteroatoms. The minimum absolute atomic E-state index is 0.163. The predicted octanol–water partition coefficient (Wildman–Crippen LogP) is 5.42. The highest BCUT2D eigenvalue weighted by Gasteiger charge is 2.52. The first kappa shape index (κ1) is 27.6. The molecule has 0 radical (unpaired) electrons. The zero-order valence-electron chi connectivity index (χ0n) is 21.8. The number of likely N-dealkylation sites (tertiary alicyclic amines) is 1. The highest BCUT2D eigenvalue weighted by atomic mass is 19.4. The van der Waals surface area contributed by atoms with Gasteiger partial charge in [0.1, 0.15) is 11.4 Å². The van der Waals surface area contributed by atoms with Gasteiger partial charge < -0.3 is 23.7 Å². The van der Waals surface area contributed by atoms with Crippen molar-refractivity contribution in [3.8, 4) is 5.75 Å². The van der Waals surface area contributed by atoms with Gasteiger partial charge in [-0.05, 0) is 91.2 Å². The summed E-state index contributed by atoms with van der Waals surface area (Å²) >= 11 is 0. The van der Waals surface area contributed by atoms with E-state index >= 15 is 0 Å². The third kappa shape index (κ3) is 6.85. The van der Waals surface area contributed by atoms with E-state index in [2.05, 4.69) is 0 Å².